The molecule has 4 heterocycles. The minimum absolute atomic E-state index is 0.0321. The lowest BCUT2D eigenvalue weighted by Crippen LogP contribution is -2.42. The van der Waals surface area contributed by atoms with Crippen LogP contribution in [0.4, 0.5) is 5.69 Å². The lowest BCUT2D eigenvalue weighted by Gasteiger charge is -2.24. The van der Waals surface area contributed by atoms with Crippen molar-refractivity contribution in [3.05, 3.63) is 107 Å². The Balaban J connectivity index is 1.17. The standard InChI is InChI=1S/C30H24N2O5/c33-29-30(19-37-26-15-28-27(14-24(26)30)34-12-13-35-28)23-8-4-5-9-25(23)32(29)17-21-10-11-22(16-31-21)36-18-20-6-2-1-3-7-20/h1-11,14-16H,12-13,17-19H2/t30-/m0/s1. The van der Waals surface area contributed by atoms with Gasteiger partial charge in [0.25, 0.3) is 0 Å². The number of carbonyl (C=O) groups is 1. The van der Waals surface area contributed by atoms with Gasteiger partial charge in [0.2, 0.25) is 5.91 Å². The van der Waals surface area contributed by atoms with Crippen molar-refractivity contribution in [3.8, 4) is 23.0 Å². The van der Waals surface area contributed by atoms with Crippen molar-refractivity contribution >= 4 is 11.6 Å². The predicted octanol–water partition coefficient (Wildman–Crippen LogP) is 4.66. The van der Waals surface area contributed by atoms with Gasteiger partial charge in [-0.2, -0.15) is 0 Å². The molecule has 1 amide bonds. The van der Waals surface area contributed by atoms with Crippen molar-refractivity contribution < 1.29 is 23.7 Å². The zero-order valence-corrected chi connectivity index (χ0v) is 20.1. The van der Waals surface area contributed by atoms with Gasteiger partial charge in [-0.15, -0.1) is 0 Å². The summed E-state index contributed by atoms with van der Waals surface area (Å²) in [7, 11) is 0. The van der Waals surface area contributed by atoms with Gasteiger partial charge in [-0.1, -0.05) is 48.5 Å². The molecule has 0 radical (unpaired) electrons. The highest BCUT2D eigenvalue weighted by Gasteiger charge is 2.57. The highest BCUT2D eigenvalue weighted by Crippen LogP contribution is 2.54. The van der Waals surface area contributed by atoms with Gasteiger partial charge in [0.05, 0.1) is 18.4 Å². The number of pyridine rings is 1. The van der Waals surface area contributed by atoms with Crippen molar-refractivity contribution in [2.45, 2.75) is 18.6 Å². The number of aromatic nitrogens is 1. The lowest BCUT2D eigenvalue weighted by molar-refractivity contribution is -0.122. The largest absolute Gasteiger partial charge is 0.491 e. The second kappa shape index (κ2) is 8.55. The van der Waals surface area contributed by atoms with Crippen LogP contribution in [-0.2, 0) is 23.4 Å². The van der Waals surface area contributed by atoms with E-state index in [4.69, 9.17) is 18.9 Å². The Bertz CT molecular complexity index is 1490. The lowest BCUT2D eigenvalue weighted by atomic mass is 9.77. The summed E-state index contributed by atoms with van der Waals surface area (Å²) in [6.45, 7) is 2.02. The van der Waals surface area contributed by atoms with Crippen LogP contribution in [0.5, 0.6) is 23.0 Å². The normalized spacial score (nSPS) is 18.9. The molecular weight excluding hydrogens is 468 g/mol. The molecule has 1 aromatic heterocycles. The Hall–Kier alpha value is -4.52. The molecule has 0 aliphatic carbocycles. The van der Waals surface area contributed by atoms with Crippen LogP contribution in [0.3, 0.4) is 0 Å². The smallest absolute Gasteiger partial charge is 0.246 e. The molecule has 0 fully saturated rings. The SMILES string of the molecule is O=C1N(Cc2ccc(OCc3ccccc3)cn2)c2ccccc2[C@]12COc1cc3c(cc12)OCCO3. The summed E-state index contributed by atoms with van der Waals surface area (Å²) in [4.78, 5) is 20.6. The Labute approximate surface area is 214 Å². The molecule has 184 valence electrons. The highest BCUT2D eigenvalue weighted by molar-refractivity contribution is 6.11. The maximum Gasteiger partial charge on any atom is 0.246 e. The van der Waals surface area contributed by atoms with E-state index in [9.17, 15) is 4.79 Å². The monoisotopic (exact) mass is 492 g/mol. The molecule has 3 aliphatic rings. The van der Waals surface area contributed by atoms with Crippen LogP contribution in [-0.4, -0.2) is 30.7 Å². The maximum atomic E-state index is 14.2. The molecule has 0 unspecified atom stereocenters. The number of anilines is 1. The average Bonchev–Trinajstić information content (AvgIpc) is 3.44. The molecule has 37 heavy (non-hydrogen) atoms. The van der Waals surface area contributed by atoms with E-state index >= 15 is 0 Å². The predicted molar refractivity (Wildman–Crippen MR) is 136 cm³/mol. The number of nitrogens with zero attached hydrogens (tertiary/aromatic N) is 2. The van der Waals surface area contributed by atoms with Crippen LogP contribution in [0.15, 0.2) is 85.1 Å². The number of amides is 1. The molecule has 7 rings (SSSR count). The van der Waals surface area contributed by atoms with Crippen molar-refractivity contribution in [3.63, 3.8) is 0 Å². The van der Waals surface area contributed by atoms with Crippen molar-refractivity contribution in [1.29, 1.82) is 0 Å². The first-order chi connectivity index (χ1) is 18.2. The molecule has 4 aromatic rings. The van der Waals surface area contributed by atoms with Crippen molar-refractivity contribution in [2.75, 3.05) is 24.7 Å². The first-order valence-electron chi connectivity index (χ1n) is 12.3. The third-order valence-electron chi connectivity index (χ3n) is 7.18. The number of ether oxygens (including phenoxy) is 4. The number of carbonyl (C=O) groups excluding carboxylic acids is 1. The summed E-state index contributed by atoms with van der Waals surface area (Å²) in [5, 5.41) is 0. The van der Waals surface area contributed by atoms with Crippen LogP contribution in [0, 0.1) is 0 Å². The zero-order chi connectivity index (χ0) is 24.8. The van der Waals surface area contributed by atoms with Gasteiger partial charge < -0.3 is 23.8 Å². The average molecular weight is 493 g/mol. The van der Waals surface area contributed by atoms with E-state index in [0.717, 1.165) is 28.1 Å². The van der Waals surface area contributed by atoms with E-state index in [1.807, 2.05) is 78.9 Å². The minimum Gasteiger partial charge on any atom is -0.491 e. The summed E-state index contributed by atoms with van der Waals surface area (Å²) in [6, 6.07) is 25.5. The molecule has 7 heteroatoms. The number of fused-ring (bicyclic) bond motifs is 5. The van der Waals surface area contributed by atoms with Gasteiger partial charge in [0, 0.05) is 17.3 Å². The summed E-state index contributed by atoms with van der Waals surface area (Å²) in [6.07, 6.45) is 1.71. The van der Waals surface area contributed by atoms with Gasteiger partial charge in [-0.3, -0.25) is 9.78 Å². The first kappa shape index (κ1) is 21.7. The maximum absolute atomic E-state index is 14.2. The molecule has 1 spiro atoms. The fourth-order valence-electron chi connectivity index (χ4n) is 5.36. The summed E-state index contributed by atoms with van der Waals surface area (Å²) in [5.74, 6) is 2.60. The summed E-state index contributed by atoms with van der Waals surface area (Å²) in [5.41, 5.74) is 3.54. The highest BCUT2D eigenvalue weighted by atomic mass is 16.6. The first-order valence-corrected chi connectivity index (χ1v) is 12.3. The van der Waals surface area contributed by atoms with Crippen LogP contribution in [0.2, 0.25) is 0 Å². The number of rotatable bonds is 5. The number of hydrogen-bond donors (Lipinski definition) is 0. The van der Waals surface area contributed by atoms with Gasteiger partial charge >= 0.3 is 0 Å². The molecule has 7 nitrogen and oxygen atoms in total. The second-order valence-corrected chi connectivity index (χ2v) is 9.35. The summed E-state index contributed by atoms with van der Waals surface area (Å²) < 4.78 is 23.5. The minimum atomic E-state index is -0.930. The topological polar surface area (TPSA) is 70.1 Å². The molecule has 0 N–H and O–H groups in total. The van der Waals surface area contributed by atoms with Crippen LogP contribution in [0.1, 0.15) is 22.4 Å². The van der Waals surface area contributed by atoms with E-state index < -0.39 is 5.41 Å². The Morgan fingerprint density at radius 1 is 0.838 bits per heavy atom. The molecule has 0 saturated heterocycles. The number of hydrogen-bond acceptors (Lipinski definition) is 6. The van der Waals surface area contributed by atoms with E-state index in [-0.39, 0.29) is 12.5 Å². The molecular formula is C30H24N2O5. The van der Waals surface area contributed by atoms with Gasteiger partial charge in [-0.25, -0.2) is 0 Å². The van der Waals surface area contributed by atoms with Crippen LogP contribution < -0.4 is 23.8 Å². The zero-order valence-electron chi connectivity index (χ0n) is 20.1. The van der Waals surface area contributed by atoms with Crippen LogP contribution in [0.25, 0.3) is 0 Å². The fraction of sp³-hybridized carbons (Fsp3) is 0.200. The third kappa shape index (κ3) is 3.49. The molecule has 3 aromatic carbocycles. The second-order valence-electron chi connectivity index (χ2n) is 9.35. The van der Waals surface area contributed by atoms with E-state index in [2.05, 4.69) is 4.98 Å². The number of para-hydroxylation sites is 1. The third-order valence-corrected chi connectivity index (χ3v) is 7.18. The van der Waals surface area contributed by atoms with E-state index in [0.29, 0.717) is 49.4 Å². The Morgan fingerprint density at radius 3 is 2.43 bits per heavy atom. The molecule has 0 saturated carbocycles. The Kier molecular flexibility index (Phi) is 5.02. The molecule has 1 atom stereocenters. The quantitative estimate of drug-likeness (QED) is 0.404. The fourth-order valence-corrected chi connectivity index (χ4v) is 5.36. The van der Waals surface area contributed by atoms with Gasteiger partial charge in [-0.05, 0) is 35.4 Å². The molecule has 3 aliphatic heterocycles. The van der Waals surface area contributed by atoms with E-state index in [1.54, 1.807) is 11.1 Å². The molecule has 0 bridgehead atoms. The van der Waals surface area contributed by atoms with Crippen LogP contribution >= 0.6 is 0 Å². The van der Waals surface area contributed by atoms with Crippen molar-refractivity contribution in [1.82, 2.24) is 4.98 Å². The van der Waals surface area contributed by atoms with E-state index in [1.165, 1.54) is 0 Å². The van der Waals surface area contributed by atoms with Crippen molar-refractivity contribution in [2.24, 2.45) is 0 Å². The summed E-state index contributed by atoms with van der Waals surface area (Å²) >= 11 is 0. The Morgan fingerprint density at radius 2 is 1.62 bits per heavy atom. The van der Waals surface area contributed by atoms with Gasteiger partial charge in [0.1, 0.15) is 43.3 Å². The number of benzene rings is 3. The van der Waals surface area contributed by atoms with Gasteiger partial charge in [0.15, 0.2) is 11.5 Å².